The van der Waals surface area contributed by atoms with Gasteiger partial charge >= 0.3 is 0 Å². The summed E-state index contributed by atoms with van der Waals surface area (Å²) >= 11 is 0. The van der Waals surface area contributed by atoms with Crippen LogP contribution in [-0.2, 0) is 16.6 Å². The molecule has 0 atom stereocenters. The van der Waals surface area contributed by atoms with Crippen LogP contribution in [0.25, 0.3) is 0 Å². The molecule has 0 aliphatic carbocycles. The molecule has 0 aliphatic heterocycles. The first-order valence-corrected chi connectivity index (χ1v) is 7.36. The number of aryl methyl sites for hydroxylation is 1. The van der Waals surface area contributed by atoms with Gasteiger partial charge in [-0.1, -0.05) is 20.8 Å². The van der Waals surface area contributed by atoms with Crippen LogP contribution in [0.1, 0.15) is 38.6 Å². The summed E-state index contributed by atoms with van der Waals surface area (Å²) in [6.45, 7) is 7.55. The highest BCUT2D eigenvalue weighted by molar-refractivity contribution is 7.89. The molecule has 0 amide bonds. The number of aromatic nitrogens is 2. The average Bonchev–Trinajstić information content (AvgIpc) is 2.69. The van der Waals surface area contributed by atoms with Crippen LogP contribution in [0.5, 0.6) is 0 Å². The van der Waals surface area contributed by atoms with E-state index in [0.717, 1.165) is 6.42 Å². The zero-order valence-corrected chi connectivity index (χ0v) is 12.1. The summed E-state index contributed by atoms with van der Waals surface area (Å²) in [5.74, 6) is 0. The molecule has 0 unspecified atom stereocenters. The van der Waals surface area contributed by atoms with Crippen molar-refractivity contribution in [1.29, 1.82) is 0 Å². The molecule has 104 valence electrons. The molecule has 0 bridgehead atoms. The Kier molecular flexibility index (Phi) is 4.52. The highest BCUT2D eigenvalue weighted by Gasteiger charge is 2.26. The maximum Gasteiger partial charge on any atom is 0.244 e. The number of sulfonamides is 1. The van der Waals surface area contributed by atoms with Crippen molar-refractivity contribution in [2.75, 3.05) is 6.54 Å². The summed E-state index contributed by atoms with van der Waals surface area (Å²) in [4.78, 5) is 0.0527. The van der Waals surface area contributed by atoms with Gasteiger partial charge < -0.3 is 5.11 Å². The van der Waals surface area contributed by atoms with Crippen molar-refractivity contribution in [2.45, 2.75) is 45.6 Å². The third kappa shape index (κ3) is 3.30. The molecule has 0 aromatic carbocycles. The van der Waals surface area contributed by atoms with Crippen LogP contribution in [0.15, 0.2) is 4.90 Å². The van der Waals surface area contributed by atoms with Crippen molar-refractivity contribution >= 4 is 10.0 Å². The fourth-order valence-electron chi connectivity index (χ4n) is 1.42. The SMILES string of the molecule is CCC(C)(C)CNS(=O)(=O)c1c(CO)n[nH]c1C. The zero-order valence-electron chi connectivity index (χ0n) is 11.2. The maximum absolute atomic E-state index is 12.2. The molecule has 1 aromatic rings. The van der Waals surface area contributed by atoms with Crippen molar-refractivity contribution in [2.24, 2.45) is 5.41 Å². The quantitative estimate of drug-likeness (QED) is 0.719. The lowest BCUT2D eigenvalue weighted by atomic mass is 9.91. The van der Waals surface area contributed by atoms with Gasteiger partial charge in [0.05, 0.1) is 12.3 Å². The van der Waals surface area contributed by atoms with Crippen LogP contribution in [0.4, 0.5) is 0 Å². The molecule has 0 aliphatic rings. The summed E-state index contributed by atoms with van der Waals surface area (Å²) in [6.07, 6.45) is 0.868. The van der Waals surface area contributed by atoms with E-state index in [9.17, 15) is 8.42 Å². The lowest BCUT2D eigenvalue weighted by Gasteiger charge is -2.22. The number of nitrogens with zero attached hydrogens (tertiary/aromatic N) is 1. The van der Waals surface area contributed by atoms with Crippen LogP contribution in [0.2, 0.25) is 0 Å². The Bertz CT molecular complexity index is 506. The maximum atomic E-state index is 12.2. The lowest BCUT2D eigenvalue weighted by molar-refractivity contribution is 0.273. The highest BCUT2D eigenvalue weighted by atomic mass is 32.2. The molecule has 3 N–H and O–H groups in total. The van der Waals surface area contributed by atoms with Crippen molar-refractivity contribution < 1.29 is 13.5 Å². The smallest absolute Gasteiger partial charge is 0.244 e. The molecule has 18 heavy (non-hydrogen) atoms. The van der Waals surface area contributed by atoms with Crippen molar-refractivity contribution in [3.8, 4) is 0 Å². The Morgan fingerprint density at radius 1 is 1.44 bits per heavy atom. The number of hydrogen-bond acceptors (Lipinski definition) is 4. The predicted molar refractivity (Wildman–Crippen MR) is 68.5 cm³/mol. The van der Waals surface area contributed by atoms with Crippen LogP contribution in [0.3, 0.4) is 0 Å². The molecule has 0 radical (unpaired) electrons. The summed E-state index contributed by atoms with van der Waals surface area (Å²) in [5, 5.41) is 15.4. The van der Waals surface area contributed by atoms with Crippen LogP contribution in [0, 0.1) is 12.3 Å². The van der Waals surface area contributed by atoms with Gasteiger partial charge in [0, 0.05) is 6.54 Å². The summed E-state index contributed by atoms with van der Waals surface area (Å²) in [6, 6.07) is 0. The number of H-pyrrole nitrogens is 1. The van der Waals surface area contributed by atoms with E-state index in [1.54, 1.807) is 6.92 Å². The van der Waals surface area contributed by atoms with E-state index in [4.69, 9.17) is 5.11 Å². The normalized spacial score (nSPS) is 12.9. The van der Waals surface area contributed by atoms with Crippen LogP contribution >= 0.6 is 0 Å². The number of nitrogens with one attached hydrogen (secondary N) is 2. The van der Waals surface area contributed by atoms with Gasteiger partial charge in [-0.25, -0.2) is 13.1 Å². The minimum atomic E-state index is -3.64. The van der Waals surface area contributed by atoms with Crippen molar-refractivity contribution in [3.63, 3.8) is 0 Å². The van der Waals surface area contributed by atoms with Gasteiger partial charge in [-0.15, -0.1) is 0 Å². The van der Waals surface area contributed by atoms with E-state index in [-0.39, 0.29) is 16.0 Å². The standard InChI is InChI=1S/C11H21N3O3S/c1-5-11(3,4)7-12-18(16,17)10-8(2)13-14-9(10)6-15/h12,15H,5-7H2,1-4H3,(H,13,14). The second kappa shape index (κ2) is 5.38. The van der Waals surface area contributed by atoms with Crippen LogP contribution < -0.4 is 4.72 Å². The molecular formula is C11H21N3O3S. The Morgan fingerprint density at radius 3 is 2.56 bits per heavy atom. The van der Waals surface area contributed by atoms with E-state index in [2.05, 4.69) is 14.9 Å². The fourth-order valence-corrected chi connectivity index (χ4v) is 3.01. The van der Waals surface area contributed by atoms with Gasteiger partial charge in [0.1, 0.15) is 10.6 Å². The molecule has 0 spiro atoms. The minimum absolute atomic E-state index is 0.0527. The Morgan fingerprint density at radius 2 is 2.06 bits per heavy atom. The van der Waals surface area contributed by atoms with E-state index < -0.39 is 16.6 Å². The number of aliphatic hydroxyl groups is 1. The van der Waals surface area contributed by atoms with Gasteiger partial charge in [0.2, 0.25) is 10.0 Å². The monoisotopic (exact) mass is 275 g/mol. The van der Waals surface area contributed by atoms with E-state index >= 15 is 0 Å². The molecule has 1 heterocycles. The van der Waals surface area contributed by atoms with Gasteiger partial charge in [-0.3, -0.25) is 5.10 Å². The number of aromatic amines is 1. The first kappa shape index (κ1) is 15.1. The largest absolute Gasteiger partial charge is 0.390 e. The first-order chi connectivity index (χ1) is 8.23. The number of aliphatic hydroxyl groups excluding tert-OH is 1. The molecule has 1 aromatic heterocycles. The third-order valence-corrected chi connectivity index (χ3v) is 4.68. The lowest BCUT2D eigenvalue weighted by Crippen LogP contribution is -2.34. The number of rotatable bonds is 6. The molecular weight excluding hydrogens is 254 g/mol. The molecule has 0 fully saturated rings. The number of hydrogen-bond donors (Lipinski definition) is 3. The van der Waals surface area contributed by atoms with Crippen LogP contribution in [-0.4, -0.2) is 30.3 Å². The summed E-state index contributed by atoms with van der Waals surface area (Å²) in [7, 11) is -3.64. The Balaban J connectivity index is 2.97. The topological polar surface area (TPSA) is 95.1 Å². The van der Waals surface area contributed by atoms with Gasteiger partial charge in [0.15, 0.2) is 0 Å². The predicted octanol–water partition coefficient (Wildman–Crippen LogP) is 0.925. The minimum Gasteiger partial charge on any atom is -0.390 e. The molecule has 6 nitrogen and oxygen atoms in total. The second-order valence-corrected chi connectivity index (χ2v) is 6.83. The first-order valence-electron chi connectivity index (χ1n) is 5.88. The zero-order chi connectivity index (χ0) is 14.0. The molecule has 1 rings (SSSR count). The molecule has 7 heteroatoms. The van der Waals surface area contributed by atoms with E-state index in [0.29, 0.717) is 12.2 Å². The van der Waals surface area contributed by atoms with E-state index in [1.807, 2.05) is 20.8 Å². The average molecular weight is 275 g/mol. The highest BCUT2D eigenvalue weighted by Crippen LogP contribution is 2.21. The Hall–Kier alpha value is -0.920. The third-order valence-electron chi connectivity index (χ3n) is 3.08. The second-order valence-electron chi connectivity index (χ2n) is 5.12. The van der Waals surface area contributed by atoms with Gasteiger partial charge in [0.25, 0.3) is 0 Å². The van der Waals surface area contributed by atoms with Gasteiger partial charge in [-0.2, -0.15) is 5.10 Å². The summed E-state index contributed by atoms with van der Waals surface area (Å²) in [5.41, 5.74) is 0.472. The van der Waals surface area contributed by atoms with Crippen molar-refractivity contribution in [3.05, 3.63) is 11.4 Å². The Labute approximate surface area is 108 Å². The molecule has 0 saturated carbocycles. The van der Waals surface area contributed by atoms with Gasteiger partial charge in [-0.05, 0) is 18.8 Å². The van der Waals surface area contributed by atoms with E-state index in [1.165, 1.54) is 0 Å². The summed E-state index contributed by atoms with van der Waals surface area (Å²) < 4.78 is 26.9. The van der Waals surface area contributed by atoms with Crippen molar-refractivity contribution in [1.82, 2.24) is 14.9 Å². The molecule has 0 saturated heterocycles. The fraction of sp³-hybridized carbons (Fsp3) is 0.727.